The van der Waals surface area contributed by atoms with Gasteiger partial charge < -0.3 is 5.73 Å². The maximum Gasteiger partial charge on any atom is 0.0314 e. The van der Waals surface area contributed by atoms with Gasteiger partial charge in [-0.05, 0) is 34.4 Å². The van der Waals surface area contributed by atoms with E-state index in [1.807, 2.05) is 30.3 Å². The van der Waals surface area contributed by atoms with Crippen LogP contribution in [0.4, 0.5) is 5.69 Å². The molecular formula is C20H17N. The van der Waals surface area contributed by atoms with Crippen LogP contribution in [0.5, 0.6) is 0 Å². The third kappa shape index (κ3) is 3.21. The second kappa shape index (κ2) is 6.10. The van der Waals surface area contributed by atoms with Crippen LogP contribution < -0.4 is 5.73 Å². The lowest BCUT2D eigenvalue weighted by molar-refractivity contribution is 1.59. The molecule has 3 aromatic carbocycles. The minimum absolute atomic E-state index is 0.788. The van der Waals surface area contributed by atoms with E-state index in [0.29, 0.717) is 0 Å². The molecule has 21 heavy (non-hydrogen) atoms. The lowest BCUT2D eigenvalue weighted by atomic mass is 9.98. The first-order valence-electron chi connectivity index (χ1n) is 7.01. The van der Waals surface area contributed by atoms with Crippen molar-refractivity contribution in [2.24, 2.45) is 0 Å². The minimum atomic E-state index is 0.788. The minimum Gasteiger partial charge on any atom is -0.399 e. The molecule has 0 saturated carbocycles. The predicted molar refractivity (Wildman–Crippen MR) is 91.7 cm³/mol. The summed E-state index contributed by atoms with van der Waals surface area (Å²) in [6, 6.07) is 26.7. The molecular weight excluding hydrogens is 254 g/mol. The van der Waals surface area contributed by atoms with Crippen molar-refractivity contribution in [3.8, 4) is 11.1 Å². The molecule has 0 heterocycles. The monoisotopic (exact) mass is 271 g/mol. The normalized spacial score (nSPS) is 10.9. The fraction of sp³-hybridized carbons (Fsp3) is 0. The Balaban J connectivity index is 1.96. The first kappa shape index (κ1) is 13.2. The predicted octanol–water partition coefficient (Wildman–Crippen LogP) is 5.11. The van der Waals surface area contributed by atoms with Gasteiger partial charge in [0.2, 0.25) is 0 Å². The molecule has 102 valence electrons. The van der Waals surface area contributed by atoms with Crippen molar-refractivity contribution in [1.82, 2.24) is 0 Å². The van der Waals surface area contributed by atoms with E-state index < -0.39 is 0 Å². The summed E-state index contributed by atoms with van der Waals surface area (Å²) in [5.74, 6) is 0. The third-order valence-corrected chi connectivity index (χ3v) is 3.44. The molecule has 0 saturated heterocycles. The molecule has 0 aliphatic carbocycles. The summed E-state index contributed by atoms with van der Waals surface area (Å²) in [5, 5.41) is 0. The van der Waals surface area contributed by atoms with Crippen LogP contribution in [-0.4, -0.2) is 0 Å². The highest BCUT2D eigenvalue weighted by Crippen LogP contribution is 2.26. The average molecular weight is 271 g/mol. The van der Waals surface area contributed by atoms with Crippen molar-refractivity contribution >= 4 is 17.8 Å². The maximum absolute atomic E-state index is 5.76. The number of hydrogen-bond acceptors (Lipinski definition) is 1. The number of benzene rings is 3. The molecule has 0 unspecified atom stereocenters. The summed E-state index contributed by atoms with van der Waals surface area (Å²) in [7, 11) is 0. The van der Waals surface area contributed by atoms with Gasteiger partial charge in [-0.25, -0.2) is 0 Å². The fourth-order valence-electron chi connectivity index (χ4n) is 2.32. The van der Waals surface area contributed by atoms with Gasteiger partial charge in [-0.2, -0.15) is 0 Å². The van der Waals surface area contributed by atoms with Crippen molar-refractivity contribution < 1.29 is 0 Å². The molecule has 1 heteroatoms. The van der Waals surface area contributed by atoms with Crippen molar-refractivity contribution in [3.05, 3.63) is 90.0 Å². The molecule has 0 atom stereocenters. The number of nitrogen functional groups attached to an aromatic ring is 1. The lowest BCUT2D eigenvalue weighted by Crippen LogP contribution is -1.86. The van der Waals surface area contributed by atoms with E-state index in [2.05, 4.69) is 60.7 Å². The van der Waals surface area contributed by atoms with Gasteiger partial charge in [0.25, 0.3) is 0 Å². The fourth-order valence-corrected chi connectivity index (χ4v) is 2.32. The van der Waals surface area contributed by atoms with Gasteiger partial charge >= 0.3 is 0 Å². The Labute approximate surface area is 125 Å². The zero-order valence-electron chi connectivity index (χ0n) is 11.7. The topological polar surface area (TPSA) is 26.0 Å². The van der Waals surface area contributed by atoms with Crippen LogP contribution in [0.25, 0.3) is 23.3 Å². The van der Waals surface area contributed by atoms with Gasteiger partial charge in [0.1, 0.15) is 0 Å². The Morgan fingerprint density at radius 2 is 1.29 bits per heavy atom. The van der Waals surface area contributed by atoms with E-state index in [1.165, 1.54) is 22.3 Å². The Morgan fingerprint density at radius 1 is 0.619 bits per heavy atom. The summed E-state index contributed by atoms with van der Waals surface area (Å²) in [5.41, 5.74) is 11.3. The highest BCUT2D eigenvalue weighted by atomic mass is 14.5. The van der Waals surface area contributed by atoms with Crippen LogP contribution in [0, 0.1) is 0 Å². The van der Waals surface area contributed by atoms with Crippen molar-refractivity contribution in [3.63, 3.8) is 0 Å². The Bertz CT molecular complexity index is 740. The molecule has 3 rings (SSSR count). The molecule has 0 bridgehead atoms. The molecule has 0 fully saturated rings. The Hall–Kier alpha value is -2.80. The van der Waals surface area contributed by atoms with Gasteiger partial charge in [0, 0.05) is 5.69 Å². The van der Waals surface area contributed by atoms with Crippen molar-refractivity contribution in [1.29, 1.82) is 0 Å². The standard InChI is InChI=1S/C20H17N/c21-19-14-12-18(13-15-19)20-9-5-4-8-17(20)11-10-16-6-2-1-3-7-16/h1-15H,21H2. The van der Waals surface area contributed by atoms with E-state index >= 15 is 0 Å². The zero-order chi connectivity index (χ0) is 14.5. The van der Waals surface area contributed by atoms with Gasteiger partial charge in [-0.3, -0.25) is 0 Å². The number of rotatable bonds is 3. The van der Waals surface area contributed by atoms with Crippen LogP contribution in [-0.2, 0) is 0 Å². The van der Waals surface area contributed by atoms with Gasteiger partial charge in [0.15, 0.2) is 0 Å². The summed E-state index contributed by atoms with van der Waals surface area (Å²) in [6.07, 6.45) is 4.29. The molecule has 0 aromatic heterocycles. The smallest absolute Gasteiger partial charge is 0.0314 e. The van der Waals surface area contributed by atoms with Gasteiger partial charge in [-0.15, -0.1) is 0 Å². The first-order valence-corrected chi connectivity index (χ1v) is 7.01. The number of nitrogens with two attached hydrogens (primary N) is 1. The van der Waals surface area contributed by atoms with Crippen LogP contribution in [0.1, 0.15) is 11.1 Å². The zero-order valence-corrected chi connectivity index (χ0v) is 11.7. The maximum atomic E-state index is 5.76. The first-order chi connectivity index (χ1) is 10.3. The second-order valence-electron chi connectivity index (χ2n) is 4.95. The van der Waals surface area contributed by atoms with Crippen LogP contribution in [0.2, 0.25) is 0 Å². The van der Waals surface area contributed by atoms with Crippen LogP contribution >= 0.6 is 0 Å². The number of hydrogen-bond donors (Lipinski definition) is 1. The second-order valence-corrected chi connectivity index (χ2v) is 4.95. The molecule has 0 spiro atoms. The van der Waals surface area contributed by atoms with E-state index in [1.54, 1.807) is 0 Å². The molecule has 0 amide bonds. The van der Waals surface area contributed by atoms with Crippen LogP contribution in [0.15, 0.2) is 78.9 Å². The third-order valence-electron chi connectivity index (χ3n) is 3.44. The summed E-state index contributed by atoms with van der Waals surface area (Å²) in [6.45, 7) is 0. The SMILES string of the molecule is Nc1ccc(-c2ccccc2C=Cc2ccccc2)cc1. The van der Waals surface area contributed by atoms with Crippen LogP contribution in [0.3, 0.4) is 0 Å². The summed E-state index contributed by atoms with van der Waals surface area (Å²) < 4.78 is 0. The van der Waals surface area contributed by atoms with E-state index in [4.69, 9.17) is 5.73 Å². The quantitative estimate of drug-likeness (QED) is 0.520. The van der Waals surface area contributed by atoms with E-state index in [9.17, 15) is 0 Å². The highest BCUT2D eigenvalue weighted by Gasteiger charge is 2.01. The Morgan fingerprint density at radius 3 is 2.05 bits per heavy atom. The molecule has 1 nitrogen and oxygen atoms in total. The summed E-state index contributed by atoms with van der Waals surface area (Å²) >= 11 is 0. The van der Waals surface area contributed by atoms with E-state index in [-0.39, 0.29) is 0 Å². The highest BCUT2D eigenvalue weighted by molar-refractivity contribution is 5.81. The molecule has 0 radical (unpaired) electrons. The van der Waals surface area contributed by atoms with E-state index in [0.717, 1.165) is 5.69 Å². The lowest BCUT2D eigenvalue weighted by Gasteiger charge is -2.06. The molecule has 0 aliphatic rings. The Kier molecular flexibility index (Phi) is 3.83. The molecule has 2 N–H and O–H groups in total. The van der Waals surface area contributed by atoms with Gasteiger partial charge in [-0.1, -0.05) is 78.9 Å². The average Bonchev–Trinajstić information content (AvgIpc) is 2.55. The van der Waals surface area contributed by atoms with Gasteiger partial charge in [0.05, 0.1) is 0 Å². The van der Waals surface area contributed by atoms with Crippen molar-refractivity contribution in [2.45, 2.75) is 0 Å². The largest absolute Gasteiger partial charge is 0.399 e. The molecule has 3 aromatic rings. The number of anilines is 1. The summed E-state index contributed by atoms with van der Waals surface area (Å²) in [4.78, 5) is 0. The van der Waals surface area contributed by atoms with Crippen molar-refractivity contribution in [2.75, 3.05) is 5.73 Å². The molecule has 0 aliphatic heterocycles.